The number of hydrogen-bond acceptors (Lipinski definition) is 8. The molecule has 0 aliphatic carbocycles. The number of carbonyl (C=O) groups excluding carboxylic acids is 2. The van der Waals surface area contributed by atoms with E-state index in [4.69, 9.17) is 9.94 Å². The number of nitrogens with zero attached hydrogens (tertiary/aromatic N) is 2. The highest BCUT2D eigenvalue weighted by Gasteiger charge is 2.39. The number of unbranched alkanes of at least 4 members (excludes halogenated alkanes) is 13. The normalized spacial score (nSPS) is 13.2. The van der Waals surface area contributed by atoms with Gasteiger partial charge in [0.05, 0.1) is 17.7 Å². The quantitative estimate of drug-likeness (QED) is 0.0482. The van der Waals surface area contributed by atoms with Crippen LogP contribution in [0.5, 0.6) is 0 Å². The molecule has 0 aliphatic rings. The van der Waals surface area contributed by atoms with Gasteiger partial charge in [-0.05, 0) is 42.0 Å². The van der Waals surface area contributed by atoms with E-state index in [2.05, 4.69) is 17.7 Å². The molecular formula is C36H54N2O6S. The first kappa shape index (κ1) is 38.5. The van der Waals surface area contributed by atoms with Crippen molar-refractivity contribution in [2.75, 3.05) is 24.8 Å². The third kappa shape index (κ3) is 15.0. The van der Waals surface area contributed by atoms with E-state index in [0.29, 0.717) is 12.0 Å². The summed E-state index contributed by atoms with van der Waals surface area (Å²) in [6, 6.07) is 15.3. The summed E-state index contributed by atoms with van der Waals surface area (Å²) >= 11 is 1.19. The summed E-state index contributed by atoms with van der Waals surface area (Å²) in [5.41, 5.74) is 0.437. The van der Waals surface area contributed by atoms with E-state index in [-0.39, 0.29) is 30.4 Å². The van der Waals surface area contributed by atoms with Gasteiger partial charge in [-0.3, -0.25) is 9.59 Å². The number of fused-ring (bicyclic) bond motifs is 1. The number of hydroxylamine groups is 2. The van der Waals surface area contributed by atoms with Crippen molar-refractivity contribution in [1.82, 2.24) is 5.06 Å². The van der Waals surface area contributed by atoms with Crippen LogP contribution in [0.3, 0.4) is 0 Å². The van der Waals surface area contributed by atoms with Crippen molar-refractivity contribution in [3.05, 3.63) is 48.0 Å². The molecule has 0 heterocycles. The van der Waals surface area contributed by atoms with Crippen molar-refractivity contribution in [1.29, 1.82) is 5.26 Å². The predicted octanol–water partition coefficient (Wildman–Crippen LogP) is 8.16. The van der Waals surface area contributed by atoms with E-state index in [9.17, 15) is 20.0 Å². The molecule has 9 heteroatoms. The molecule has 2 rings (SSSR count). The minimum atomic E-state index is -1.94. The average molecular weight is 643 g/mol. The molecule has 0 spiro atoms. The smallest absolute Gasteiger partial charge is 0.317 e. The second-order valence-electron chi connectivity index (χ2n) is 11.8. The van der Waals surface area contributed by atoms with Crippen LogP contribution in [-0.2, 0) is 14.4 Å². The fraction of sp³-hybridized carbons (Fsp3) is 0.639. The zero-order chi connectivity index (χ0) is 32.8. The molecule has 0 bridgehead atoms. The van der Waals surface area contributed by atoms with Gasteiger partial charge in [0, 0.05) is 18.5 Å². The van der Waals surface area contributed by atoms with Gasteiger partial charge in [0.2, 0.25) is 5.79 Å². The standard InChI is InChI=1S/C36H54N2O6S/c1-3-4-5-6-7-8-9-10-11-12-13-14-15-18-24-38(35(41)33-22-21-31-19-16-17-20-32(31)26-33)44-36(42,30(2)27-37)23-25-45-28-34(40)43-29-39/h16-17,19-22,26,30,39,42H,3-15,18,23-25,28-29H2,1-2H3. The van der Waals surface area contributed by atoms with Gasteiger partial charge in [-0.2, -0.15) is 5.26 Å². The highest BCUT2D eigenvalue weighted by atomic mass is 32.2. The number of thioether (sulfide) groups is 1. The molecule has 0 fully saturated rings. The summed E-state index contributed by atoms with van der Waals surface area (Å²) in [4.78, 5) is 31.4. The molecule has 2 unspecified atom stereocenters. The summed E-state index contributed by atoms with van der Waals surface area (Å²) in [6.45, 7) is 3.39. The number of benzene rings is 2. The van der Waals surface area contributed by atoms with Gasteiger partial charge in [-0.15, -0.1) is 11.8 Å². The third-order valence-electron chi connectivity index (χ3n) is 8.13. The molecule has 8 nitrogen and oxygen atoms in total. The Morgan fingerprint density at radius 2 is 1.49 bits per heavy atom. The molecule has 0 radical (unpaired) electrons. The molecule has 2 aromatic carbocycles. The Kier molecular flexibility index (Phi) is 19.5. The maximum absolute atomic E-state index is 13.8. The lowest BCUT2D eigenvalue weighted by atomic mass is 10.00. The van der Waals surface area contributed by atoms with Crippen molar-refractivity contribution < 1.29 is 29.4 Å². The first-order chi connectivity index (χ1) is 21.8. The van der Waals surface area contributed by atoms with Gasteiger partial charge in [0.15, 0.2) is 6.79 Å². The Morgan fingerprint density at radius 1 is 0.911 bits per heavy atom. The van der Waals surface area contributed by atoms with Gasteiger partial charge < -0.3 is 14.9 Å². The van der Waals surface area contributed by atoms with Crippen molar-refractivity contribution in [3.8, 4) is 6.07 Å². The van der Waals surface area contributed by atoms with Gasteiger partial charge in [-0.1, -0.05) is 121 Å². The molecule has 2 atom stereocenters. The van der Waals surface area contributed by atoms with Crippen LogP contribution in [0.1, 0.15) is 121 Å². The molecule has 0 saturated carbocycles. The lowest BCUT2D eigenvalue weighted by Crippen LogP contribution is -2.48. The molecule has 1 amide bonds. The first-order valence-corrected chi connectivity index (χ1v) is 18.0. The summed E-state index contributed by atoms with van der Waals surface area (Å²) in [6.07, 6.45) is 17.0. The summed E-state index contributed by atoms with van der Waals surface area (Å²) < 4.78 is 4.53. The maximum Gasteiger partial charge on any atom is 0.317 e. The summed E-state index contributed by atoms with van der Waals surface area (Å²) in [7, 11) is 0. The summed E-state index contributed by atoms with van der Waals surface area (Å²) in [5.74, 6) is -3.57. The van der Waals surface area contributed by atoms with Crippen LogP contribution in [-0.4, -0.2) is 57.8 Å². The molecule has 250 valence electrons. The van der Waals surface area contributed by atoms with E-state index in [0.717, 1.165) is 30.0 Å². The van der Waals surface area contributed by atoms with Crippen LogP contribution in [0.25, 0.3) is 10.8 Å². The van der Waals surface area contributed by atoms with Gasteiger partial charge in [0.25, 0.3) is 5.91 Å². The van der Waals surface area contributed by atoms with Crippen molar-refractivity contribution >= 4 is 34.4 Å². The number of aliphatic hydroxyl groups excluding tert-OH is 1. The number of rotatable bonds is 25. The van der Waals surface area contributed by atoms with Crippen molar-refractivity contribution in [2.45, 2.75) is 116 Å². The number of carbonyl (C=O) groups is 2. The third-order valence-corrected chi connectivity index (χ3v) is 9.06. The van der Waals surface area contributed by atoms with Gasteiger partial charge in [-0.25, -0.2) is 9.90 Å². The van der Waals surface area contributed by atoms with Gasteiger partial charge in [0.1, 0.15) is 0 Å². The Hall–Kier alpha value is -2.64. The van der Waals surface area contributed by atoms with E-state index < -0.39 is 24.5 Å². The predicted molar refractivity (Wildman–Crippen MR) is 181 cm³/mol. The molecule has 2 N–H and O–H groups in total. The minimum absolute atomic E-state index is 0.0129. The van der Waals surface area contributed by atoms with Gasteiger partial charge >= 0.3 is 5.97 Å². The van der Waals surface area contributed by atoms with Crippen LogP contribution >= 0.6 is 11.8 Å². The number of aliphatic hydroxyl groups is 2. The van der Waals surface area contributed by atoms with Crippen LogP contribution in [0.15, 0.2) is 42.5 Å². The number of nitriles is 1. The maximum atomic E-state index is 13.8. The van der Waals surface area contributed by atoms with Crippen molar-refractivity contribution in [2.24, 2.45) is 5.92 Å². The number of amides is 1. The topological polar surface area (TPSA) is 120 Å². The number of hydrogen-bond donors (Lipinski definition) is 2. The first-order valence-electron chi connectivity index (χ1n) is 16.8. The van der Waals surface area contributed by atoms with E-state index in [1.807, 2.05) is 36.4 Å². The van der Waals surface area contributed by atoms with Crippen molar-refractivity contribution in [3.63, 3.8) is 0 Å². The fourth-order valence-corrected chi connectivity index (χ4v) is 6.06. The molecule has 45 heavy (non-hydrogen) atoms. The average Bonchev–Trinajstić information content (AvgIpc) is 3.05. The minimum Gasteiger partial charge on any atom is -0.438 e. The SMILES string of the molecule is CCCCCCCCCCCCCCCCN(OC(O)(CCSCC(=O)OCO)C(C)C#N)C(=O)c1ccc2ccccc2c1. The molecular weight excluding hydrogens is 588 g/mol. The zero-order valence-electron chi connectivity index (χ0n) is 27.4. The zero-order valence-corrected chi connectivity index (χ0v) is 28.2. The van der Waals surface area contributed by atoms with E-state index in [1.54, 1.807) is 13.0 Å². The molecule has 0 saturated heterocycles. The van der Waals surface area contributed by atoms with Crippen LogP contribution in [0.2, 0.25) is 0 Å². The van der Waals surface area contributed by atoms with E-state index >= 15 is 0 Å². The monoisotopic (exact) mass is 642 g/mol. The second kappa shape index (κ2) is 22.8. The lowest BCUT2D eigenvalue weighted by molar-refractivity contribution is -0.322. The Labute approximate surface area is 274 Å². The molecule has 2 aromatic rings. The highest BCUT2D eigenvalue weighted by Crippen LogP contribution is 2.28. The Morgan fingerprint density at radius 3 is 2.07 bits per heavy atom. The van der Waals surface area contributed by atoms with Crippen LogP contribution in [0, 0.1) is 17.2 Å². The van der Waals surface area contributed by atoms with Crippen LogP contribution in [0.4, 0.5) is 0 Å². The number of ether oxygens (including phenoxy) is 1. The number of esters is 1. The lowest BCUT2D eigenvalue weighted by Gasteiger charge is -2.35. The Bertz CT molecular complexity index is 1170. The highest BCUT2D eigenvalue weighted by molar-refractivity contribution is 7.99. The molecule has 0 aliphatic heterocycles. The summed E-state index contributed by atoms with van der Waals surface area (Å²) in [5, 5.41) is 33.1. The molecule has 0 aromatic heterocycles. The fourth-order valence-electron chi connectivity index (χ4n) is 5.23. The largest absolute Gasteiger partial charge is 0.438 e. The van der Waals surface area contributed by atoms with E-state index in [1.165, 1.54) is 81.0 Å². The van der Waals surface area contributed by atoms with Crippen LogP contribution < -0.4 is 0 Å². The Balaban J connectivity index is 1.94. The second-order valence-corrected chi connectivity index (χ2v) is 12.9.